The van der Waals surface area contributed by atoms with Crippen LogP contribution in [0.15, 0.2) is 6.33 Å². The van der Waals surface area contributed by atoms with E-state index in [0.717, 1.165) is 76.0 Å². The monoisotopic (exact) mass is 382 g/mol. The normalized spacial score (nSPS) is 21.3. The highest BCUT2D eigenvalue weighted by molar-refractivity contribution is 5.94. The Labute approximate surface area is 165 Å². The average molecular weight is 383 g/mol. The molecule has 150 valence electrons. The summed E-state index contributed by atoms with van der Waals surface area (Å²) in [5.41, 5.74) is 5.43. The molecular weight excluding hydrogens is 352 g/mol. The largest absolute Gasteiger partial charge is 0.348 e. The third-order valence-electron chi connectivity index (χ3n) is 6.87. The van der Waals surface area contributed by atoms with Gasteiger partial charge in [0.1, 0.15) is 0 Å². The molecule has 2 aromatic rings. The number of carbonyl (C=O) groups is 1. The third-order valence-corrected chi connectivity index (χ3v) is 6.87. The molecule has 0 unspecified atom stereocenters. The number of aromatic nitrogens is 4. The topological polar surface area (TPSA) is 80.9 Å². The number of fused-ring (bicyclic) bond motifs is 3. The molecule has 4 heterocycles. The molecule has 0 saturated carbocycles. The van der Waals surface area contributed by atoms with Crippen molar-refractivity contribution in [3.05, 3.63) is 34.7 Å². The molecule has 1 amide bonds. The van der Waals surface area contributed by atoms with E-state index in [9.17, 15) is 4.79 Å². The van der Waals surface area contributed by atoms with Gasteiger partial charge in [-0.05, 0) is 38.0 Å². The quantitative estimate of drug-likeness (QED) is 0.853. The lowest BCUT2D eigenvalue weighted by molar-refractivity contribution is 0.000431. The number of carbonyl (C=O) groups excluding carboxylic acids is 1. The minimum absolute atomic E-state index is 0.0395. The van der Waals surface area contributed by atoms with Gasteiger partial charge in [0, 0.05) is 49.6 Å². The summed E-state index contributed by atoms with van der Waals surface area (Å²) < 4.78 is 0. The smallest absolute Gasteiger partial charge is 0.274 e. The highest BCUT2D eigenvalue weighted by atomic mass is 16.2. The summed E-state index contributed by atoms with van der Waals surface area (Å²) in [7, 11) is 0. The van der Waals surface area contributed by atoms with E-state index in [1.807, 2.05) is 11.2 Å². The SMILES string of the molecule is CC(C)CN1CCc2[nH]cnc2C12CCN(C(=O)c1n[nH]c3c1CCC3)CC2. The Morgan fingerprint density at radius 2 is 2.00 bits per heavy atom. The number of nitrogens with zero attached hydrogens (tertiary/aromatic N) is 4. The van der Waals surface area contributed by atoms with Crippen molar-refractivity contribution in [2.24, 2.45) is 5.92 Å². The fraction of sp³-hybridized carbons (Fsp3) is 0.667. The number of aromatic amines is 2. The molecule has 3 aliphatic rings. The minimum atomic E-state index is -0.0395. The Balaban J connectivity index is 1.38. The Morgan fingerprint density at radius 1 is 1.18 bits per heavy atom. The second kappa shape index (κ2) is 6.72. The maximum Gasteiger partial charge on any atom is 0.274 e. The molecule has 2 aliphatic heterocycles. The summed E-state index contributed by atoms with van der Waals surface area (Å²) >= 11 is 0. The molecule has 0 bridgehead atoms. The second-order valence-electron chi connectivity index (χ2n) is 9.03. The predicted molar refractivity (Wildman–Crippen MR) is 106 cm³/mol. The highest BCUT2D eigenvalue weighted by Gasteiger charge is 2.47. The van der Waals surface area contributed by atoms with E-state index in [1.165, 1.54) is 11.4 Å². The van der Waals surface area contributed by atoms with Gasteiger partial charge in [0.05, 0.1) is 17.6 Å². The van der Waals surface area contributed by atoms with E-state index in [2.05, 4.69) is 33.9 Å². The molecule has 0 atom stereocenters. The maximum absolute atomic E-state index is 13.2. The molecule has 1 saturated heterocycles. The van der Waals surface area contributed by atoms with Gasteiger partial charge in [-0.2, -0.15) is 5.10 Å². The van der Waals surface area contributed by atoms with E-state index in [-0.39, 0.29) is 11.4 Å². The van der Waals surface area contributed by atoms with Gasteiger partial charge in [-0.1, -0.05) is 13.8 Å². The average Bonchev–Trinajstić information content (AvgIpc) is 3.40. The lowest BCUT2D eigenvalue weighted by Gasteiger charge is -2.51. The molecule has 0 aromatic carbocycles. The number of rotatable bonds is 3. The van der Waals surface area contributed by atoms with E-state index < -0.39 is 0 Å². The molecule has 2 N–H and O–H groups in total. The fourth-order valence-electron chi connectivity index (χ4n) is 5.51. The van der Waals surface area contributed by atoms with Crippen LogP contribution < -0.4 is 0 Å². The number of imidazole rings is 1. The summed E-state index contributed by atoms with van der Waals surface area (Å²) in [6.07, 6.45) is 7.88. The summed E-state index contributed by atoms with van der Waals surface area (Å²) in [5, 5.41) is 7.44. The van der Waals surface area contributed by atoms with Crippen LogP contribution in [-0.2, 0) is 24.8 Å². The van der Waals surface area contributed by atoms with Crippen LogP contribution >= 0.6 is 0 Å². The van der Waals surface area contributed by atoms with Crippen LogP contribution in [0.25, 0.3) is 0 Å². The van der Waals surface area contributed by atoms with Crippen molar-refractivity contribution < 1.29 is 4.79 Å². The number of likely N-dealkylation sites (tertiary alicyclic amines) is 1. The van der Waals surface area contributed by atoms with E-state index in [1.54, 1.807) is 0 Å². The van der Waals surface area contributed by atoms with Crippen molar-refractivity contribution in [2.75, 3.05) is 26.2 Å². The second-order valence-corrected chi connectivity index (χ2v) is 9.03. The zero-order valence-electron chi connectivity index (χ0n) is 16.9. The Bertz CT molecular complexity index is 873. The molecule has 7 heteroatoms. The number of hydrogen-bond donors (Lipinski definition) is 2. The van der Waals surface area contributed by atoms with Gasteiger partial charge < -0.3 is 9.88 Å². The maximum atomic E-state index is 13.2. The lowest BCUT2D eigenvalue weighted by atomic mass is 9.78. The summed E-state index contributed by atoms with van der Waals surface area (Å²) in [6, 6.07) is 0. The van der Waals surface area contributed by atoms with Crippen LogP contribution in [0.3, 0.4) is 0 Å². The standard InChI is InChI=1S/C21H30N6O/c1-14(2)12-27-9-6-17-19(23-13-22-17)21(27)7-10-26(11-8-21)20(28)18-15-4-3-5-16(15)24-25-18/h13-14H,3-12H2,1-2H3,(H,22,23)(H,24,25). The van der Waals surface area contributed by atoms with Crippen molar-refractivity contribution in [3.63, 3.8) is 0 Å². The lowest BCUT2D eigenvalue weighted by Crippen LogP contribution is -2.57. The molecule has 1 aliphatic carbocycles. The fourth-order valence-corrected chi connectivity index (χ4v) is 5.51. The van der Waals surface area contributed by atoms with Crippen LogP contribution in [0, 0.1) is 5.92 Å². The minimum Gasteiger partial charge on any atom is -0.348 e. The van der Waals surface area contributed by atoms with Crippen molar-refractivity contribution in [2.45, 2.75) is 57.9 Å². The molecule has 7 nitrogen and oxygen atoms in total. The van der Waals surface area contributed by atoms with Gasteiger partial charge in [0.15, 0.2) is 5.69 Å². The van der Waals surface area contributed by atoms with Crippen LogP contribution in [0.2, 0.25) is 0 Å². The molecule has 1 spiro atoms. The first-order chi connectivity index (χ1) is 13.6. The molecule has 0 radical (unpaired) electrons. The van der Waals surface area contributed by atoms with Crippen molar-refractivity contribution in [1.29, 1.82) is 0 Å². The van der Waals surface area contributed by atoms with Gasteiger partial charge >= 0.3 is 0 Å². The van der Waals surface area contributed by atoms with Crippen LogP contribution in [-0.4, -0.2) is 62.1 Å². The number of H-pyrrole nitrogens is 2. The van der Waals surface area contributed by atoms with E-state index in [0.29, 0.717) is 11.6 Å². The van der Waals surface area contributed by atoms with Crippen LogP contribution in [0.5, 0.6) is 0 Å². The number of hydrogen-bond acceptors (Lipinski definition) is 4. The Hall–Kier alpha value is -2.15. The van der Waals surface area contributed by atoms with E-state index in [4.69, 9.17) is 4.98 Å². The molecule has 2 aromatic heterocycles. The van der Waals surface area contributed by atoms with Crippen molar-refractivity contribution in [3.8, 4) is 0 Å². The number of aryl methyl sites for hydroxylation is 1. The first-order valence-corrected chi connectivity index (χ1v) is 10.7. The zero-order chi connectivity index (χ0) is 19.3. The number of nitrogens with one attached hydrogen (secondary N) is 2. The molecule has 5 rings (SSSR count). The van der Waals surface area contributed by atoms with Crippen LogP contribution in [0.1, 0.15) is 66.2 Å². The Morgan fingerprint density at radius 3 is 2.79 bits per heavy atom. The number of amides is 1. The summed E-state index contributed by atoms with van der Waals surface area (Å²) in [5.74, 6) is 0.714. The molecule has 28 heavy (non-hydrogen) atoms. The van der Waals surface area contributed by atoms with Crippen LogP contribution in [0.4, 0.5) is 0 Å². The van der Waals surface area contributed by atoms with Gasteiger partial charge in [0.2, 0.25) is 0 Å². The van der Waals surface area contributed by atoms with Crippen molar-refractivity contribution >= 4 is 5.91 Å². The summed E-state index contributed by atoms with van der Waals surface area (Å²) in [6.45, 7) is 8.24. The zero-order valence-corrected chi connectivity index (χ0v) is 16.9. The third kappa shape index (κ3) is 2.70. The van der Waals surface area contributed by atoms with Crippen molar-refractivity contribution in [1.82, 2.24) is 30.0 Å². The van der Waals surface area contributed by atoms with Gasteiger partial charge in [-0.3, -0.25) is 14.8 Å². The van der Waals surface area contributed by atoms with E-state index >= 15 is 0 Å². The first-order valence-electron chi connectivity index (χ1n) is 10.7. The van der Waals surface area contributed by atoms with Gasteiger partial charge in [-0.25, -0.2) is 4.98 Å². The van der Waals surface area contributed by atoms with Gasteiger partial charge in [0.25, 0.3) is 5.91 Å². The number of piperidine rings is 1. The predicted octanol–water partition coefficient (Wildman–Crippen LogP) is 2.27. The molecule has 1 fully saturated rings. The first kappa shape index (κ1) is 17.9. The Kier molecular flexibility index (Phi) is 4.30. The highest BCUT2D eigenvalue weighted by Crippen LogP contribution is 2.42. The van der Waals surface area contributed by atoms with Gasteiger partial charge in [-0.15, -0.1) is 0 Å². The molecular formula is C21H30N6O. The summed E-state index contributed by atoms with van der Waals surface area (Å²) in [4.78, 5) is 25.9.